The Morgan fingerprint density at radius 3 is 2.43 bits per heavy atom. The summed E-state index contributed by atoms with van der Waals surface area (Å²) in [5.74, 6) is 2.59. The number of benzene rings is 3. The molecule has 37 heavy (non-hydrogen) atoms. The smallest absolute Gasteiger partial charge is 0.131 e. The number of hydrogen-bond acceptors (Lipinski definition) is 4. The summed E-state index contributed by atoms with van der Waals surface area (Å²) < 4.78 is 29.2. The Morgan fingerprint density at radius 2 is 1.76 bits per heavy atom. The van der Waals surface area contributed by atoms with Crippen LogP contribution >= 0.6 is 0 Å². The Kier molecular flexibility index (Phi) is 6.03. The number of aromatic nitrogens is 2. The summed E-state index contributed by atoms with van der Waals surface area (Å²) in [5, 5.41) is 4.62. The molecule has 188 valence electrons. The molecule has 1 heterocycles. The molecule has 2 unspecified atom stereocenters. The van der Waals surface area contributed by atoms with Gasteiger partial charge in [-0.1, -0.05) is 26.0 Å². The lowest BCUT2D eigenvalue weighted by Gasteiger charge is -2.17. The highest BCUT2D eigenvalue weighted by Gasteiger charge is 2.38. The summed E-state index contributed by atoms with van der Waals surface area (Å²) in [5.41, 5.74) is 4.57. The maximum atomic E-state index is 14.9. The highest BCUT2D eigenvalue weighted by molar-refractivity contribution is 5.61. The quantitative estimate of drug-likeness (QED) is 0.240. The van der Waals surface area contributed by atoms with Gasteiger partial charge in [-0.05, 0) is 91.3 Å². The first-order chi connectivity index (χ1) is 18.0. The van der Waals surface area contributed by atoms with E-state index in [1.54, 1.807) is 6.07 Å². The maximum absolute atomic E-state index is 14.9. The summed E-state index contributed by atoms with van der Waals surface area (Å²) in [6.45, 7) is 4.24. The van der Waals surface area contributed by atoms with Crippen LogP contribution in [-0.2, 0) is 11.2 Å². The molecule has 1 fully saturated rings. The zero-order chi connectivity index (χ0) is 25.5. The van der Waals surface area contributed by atoms with Crippen molar-refractivity contribution in [2.24, 2.45) is 5.92 Å². The summed E-state index contributed by atoms with van der Waals surface area (Å²) in [6.07, 6.45) is 4.89. The van der Waals surface area contributed by atoms with E-state index in [0.29, 0.717) is 47.5 Å². The summed E-state index contributed by atoms with van der Waals surface area (Å²) in [7, 11) is 0. The molecular weight excluding hydrogens is 467 g/mol. The molecule has 0 amide bonds. The van der Waals surface area contributed by atoms with E-state index in [1.807, 2.05) is 65.5 Å². The number of rotatable bonds is 8. The molecule has 3 atom stereocenters. The molecule has 2 aliphatic rings. The third kappa shape index (κ3) is 4.64. The van der Waals surface area contributed by atoms with E-state index in [1.165, 1.54) is 6.07 Å². The minimum Gasteiger partial charge on any atom is -0.486 e. The van der Waals surface area contributed by atoms with E-state index in [0.717, 1.165) is 35.2 Å². The zero-order valence-electron chi connectivity index (χ0n) is 20.9. The van der Waals surface area contributed by atoms with Crippen molar-refractivity contribution in [3.05, 3.63) is 101 Å². The standard InChI is InChI=1S/C31H29FN2O3/c1-19(2)28-15-16-34(33-28)22-5-9-24(10-6-22)36-29-14-12-27(32)31-25(29)11-13-30(31)37-23-7-3-20(4-8-23)26-17-21(26)18-35/h3-10,12,14-16,18-19,21,26,30H,11,13,17H2,1-2H3/t21-,26?,30?/m1/s1. The van der Waals surface area contributed by atoms with Crippen molar-refractivity contribution >= 4 is 6.29 Å². The van der Waals surface area contributed by atoms with E-state index in [4.69, 9.17) is 9.47 Å². The van der Waals surface area contributed by atoms with Crippen LogP contribution in [0.4, 0.5) is 4.39 Å². The maximum Gasteiger partial charge on any atom is 0.131 e. The van der Waals surface area contributed by atoms with Gasteiger partial charge in [0.2, 0.25) is 0 Å². The summed E-state index contributed by atoms with van der Waals surface area (Å²) >= 11 is 0. The minimum atomic E-state index is -0.370. The van der Waals surface area contributed by atoms with Crippen LogP contribution in [-0.4, -0.2) is 16.1 Å². The predicted molar refractivity (Wildman–Crippen MR) is 139 cm³/mol. The van der Waals surface area contributed by atoms with Crippen LogP contribution in [0.3, 0.4) is 0 Å². The second kappa shape index (κ2) is 9.51. The van der Waals surface area contributed by atoms with Gasteiger partial charge >= 0.3 is 0 Å². The lowest BCUT2D eigenvalue weighted by Crippen LogP contribution is -2.06. The largest absolute Gasteiger partial charge is 0.486 e. The molecule has 5 nitrogen and oxygen atoms in total. The third-order valence-corrected chi connectivity index (χ3v) is 7.37. The number of nitrogens with zero attached hydrogens (tertiary/aromatic N) is 2. The Morgan fingerprint density at radius 1 is 1.00 bits per heavy atom. The van der Waals surface area contributed by atoms with Crippen molar-refractivity contribution in [3.63, 3.8) is 0 Å². The molecule has 4 aromatic rings. The van der Waals surface area contributed by atoms with Crippen molar-refractivity contribution in [2.75, 3.05) is 0 Å². The molecule has 6 heteroatoms. The number of fused-ring (bicyclic) bond motifs is 1. The van der Waals surface area contributed by atoms with Crippen LogP contribution in [0, 0.1) is 11.7 Å². The molecule has 0 bridgehead atoms. The van der Waals surface area contributed by atoms with Crippen LogP contribution in [0.2, 0.25) is 0 Å². The lowest BCUT2D eigenvalue weighted by atomic mass is 10.1. The SMILES string of the molecule is CC(C)c1ccn(-c2ccc(Oc3ccc(F)c4c3CCC4Oc3ccc(C4C[C@@H]4C=O)cc3)cc2)n1. The molecule has 0 aliphatic heterocycles. The number of ether oxygens (including phenoxy) is 2. The fourth-order valence-electron chi connectivity index (χ4n) is 5.15. The second-order valence-corrected chi connectivity index (χ2v) is 10.2. The number of carbonyl (C=O) groups excluding carboxylic acids is 1. The molecule has 1 aromatic heterocycles. The second-order valence-electron chi connectivity index (χ2n) is 10.2. The predicted octanol–water partition coefficient (Wildman–Crippen LogP) is 7.30. The first-order valence-corrected chi connectivity index (χ1v) is 12.9. The van der Waals surface area contributed by atoms with E-state index in [-0.39, 0.29) is 17.8 Å². The highest BCUT2D eigenvalue weighted by atomic mass is 19.1. The molecule has 0 radical (unpaired) electrons. The topological polar surface area (TPSA) is 53.4 Å². The number of halogens is 1. The van der Waals surface area contributed by atoms with Gasteiger partial charge in [0, 0.05) is 23.2 Å². The molecule has 6 rings (SSSR count). The molecule has 2 aliphatic carbocycles. The number of hydrogen-bond donors (Lipinski definition) is 0. The Balaban J connectivity index is 1.17. The molecule has 1 saturated carbocycles. The van der Waals surface area contributed by atoms with E-state index in [9.17, 15) is 9.18 Å². The van der Waals surface area contributed by atoms with Gasteiger partial charge in [-0.2, -0.15) is 5.10 Å². The molecule has 0 N–H and O–H groups in total. The number of aldehydes is 1. The van der Waals surface area contributed by atoms with Crippen molar-refractivity contribution in [3.8, 4) is 22.9 Å². The van der Waals surface area contributed by atoms with Gasteiger partial charge < -0.3 is 14.3 Å². The van der Waals surface area contributed by atoms with Gasteiger partial charge in [-0.15, -0.1) is 0 Å². The van der Waals surface area contributed by atoms with Crippen LogP contribution in [0.1, 0.15) is 67.0 Å². The van der Waals surface area contributed by atoms with Crippen molar-refractivity contribution in [1.29, 1.82) is 0 Å². The van der Waals surface area contributed by atoms with Crippen LogP contribution in [0.5, 0.6) is 17.2 Å². The molecular formula is C31H29FN2O3. The summed E-state index contributed by atoms with van der Waals surface area (Å²) in [4.78, 5) is 11.0. The average Bonchev–Trinajstić information content (AvgIpc) is 3.30. The van der Waals surface area contributed by atoms with Gasteiger partial charge in [0.1, 0.15) is 35.5 Å². The number of carbonyl (C=O) groups is 1. The highest BCUT2D eigenvalue weighted by Crippen LogP contribution is 2.47. The molecule has 0 spiro atoms. The van der Waals surface area contributed by atoms with E-state index >= 15 is 0 Å². The fraction of sp³-hybridized carbons (Fsp3) is 0.290. The van der Waals surface area contributed by atoms with Crippen LogP contribution < -0.4 is 9.47 Å². The lowest BCUT2D eigenvalue weighted by molar-refractivity contribution is -0.108. The van der Waals surface area contributed by atoms with Gasteiger partial charge in [0.25, 0.3) is 0 Å². The van der Waals surface area contributed by atoms with Gasteiger partial charge in [0.15, 0.2) is 0 Å². The van der Waals surface area contributed by atoms with Crippen molar-refractivity contribution in [1.82, 2.24) is 9.78 Å². The van der Waals surface area contributed by atoms with E-state index in [2.05, 4.69) is 18.9 Å². The van der Waals surface area contributed by atoms with Crippen LogP contribution in [0.25, 0.3) is 5.69 Å². The van der Waals surface area contributed by atoms with Gasteiger partial charge in [-0.25, -0.2) is 9.07 Å². The van der Waals surface area contributed by atoms with E-state index < -0.39 is 0 Å². The first-order valence-electron chi connectivity index (χ1n) is 12.9. The average molecular weight is 497 g/mol. The zero-order valence-corrected chi connectivity index (χ0v) is 20.9. The summed E-state index contributed by atoms with van der Waals surface area (Å²) in [6, 6.07) is 20.8. The third-order valence-electron chi connectivity index (χ3n) is 7.37. The molecule has 3 aromatic carbocycles. The van der Waals surface area contributed by atoms with Crippen molar-refractivity contribution < 1.29 is 18.7 Å². The van der Waals surface area contributed by atoms with Crippen LogP contribution in [0.15, 0.2) is 72.9 Å². The van der Waals surface area contributed by atoms with Crippen molar-refractivity contribution in [2.45, 2.75) is 51.0 Å². The van der Waals surface area contributed by atoms with Gasteiger partial charge in [0.05, 0.1) is 11.4 Å². The molecule has 0 saturated heterocycles. The Labute approximate surface area is 215 Å². The Hall–Kier alpha value is -3.93. The fourth-order valence-corrected chi connectivity index (χ4v) is 5.15. The van der Waals surface area contributed by atoms with Gasteiger partial charge in [-0.3, -0.25) is 0 Å². The Bertz CT molecular complexity index is 1430. The minimum absolute atomic E-state index is 0.139. The monoisotopic (exact) mass is 496 g/mol. The normalized spacial score (nSPS) is 20.1. The first kappa shape index (κ1) is 23.5.